The maximum Gasteiger partial charge on any atom is 0.395 e. The molecule has 1 nitrogen and oxygen atoms in total. The zero-order valence-corrected chi connectivity index (χ0v) is 7.93. The van der Waals surface area contributed by atoms with Gasteiger partial charge in [-0.2, -0.15) is 13.2 Å². The predicted octanol–water partition coefficient (Wildman–Crippen LogP) is 3.36. The second-order valence-electron chi connectivity index (χ2n) is 3.04. The molecule has 0 spiro atoms. The Hall–Kier alpha value is -1.19. The van der Waals surface area contributed by atoms with Gasteiger partial charge in [0.25, 0.3) is 0 Å². The summed E-state index contributed by atoms with van der Waals surface area (Å²) in [6.07, 6.45) is -4.19. The van der Waals surface area contributed by atoms with Crippen molar-refractivity contribution in [3.63, 3.8) is 0 Å². The van der Waals surface area contributed by atoms with Gasteiger partial charge in [-0.15, -0.1) is 0 Å². The van der Waals surface area contributed by atoms with Crippen LogP contribution in [0.25, 0.3) is 0 Å². The van der Waals surface area contributed by atoms with E-state index in [0.29, 0.717) is 5.75 Å². The number of ether oxygens (including phenoxy) is 1. The minimum atomic E-state index is -4.19. The normalized spacial score (nSPS) is 13.8. The number of hydrogen-bond donors (Lipinski definition) is 0. The molecule has 0 saturated carbocycles. The van der Waals surface area contributed by atoms with Gasteiger partial charge in [0.05, 0.1) is 13.0 Å². The second-order valence-corrected chi connectivity index (χ2v) is 3.04. The largest absolute Gasteiger partial charge is 0.497 e. The van der Waals surface area contributed by atoms with E-state index in [1.54, 1.807) is 0 Å². The van der Waals surface area contributed by atoms with Gasteiger partial charge in [-0.05, 0) is 24.6 Å². The summed E-state index contributed by atoms with van der Waals surface area (Å²) in [7, 11) is 1.47. The molecule has 4 heteroatoms. The van der Waals surface area contributed by atoms with E-state index in [-0.39, 0.29) is 5.56 Å². The highest BCUT2D eigenvalue weighted by Crippen LogP contribution is 2.34. The summed E-state index contributed by atoms with van der Waals surface area (Å²) in [5, 5.41) is 0. The van der Waals surface area contributed by atoms with E-state index in [0.717, 1.165) is 6.92 Å². The Morgan fingerprint density at radius 3 is 2.00 bits per heavy atom. The molecular weight excluding hydrogens is 193 g/mol. The molecule has 1 aromatic carbocycles. The number of alkyl halides is 3. The Bertz CT molecular complexity index is 289. The van der Waals surface area contributed by atoms with Crippen LogP contribution < -0.4 is 4.74 Å². The molecule has 1 rings (SSSR count). The molecule has 0 saturated heterocycles. The van der Waals surface area contributed by atoms with Gasteiger partial charge in [0.15, 0.2) is 0 Å². The lowest BCUT2D eigenvalue weighted by molar-refractivity contribution is -0.146. The minimum Gasteiger partial charge on any atom is -0.497 e. The average Bonchev–Trinajstić information content (AvgIpc) is 2.15. The minimum absolute atomic E-state index is 0.248. The Balaban J connectivity index is 2.87. The van der Waals surface area contributed by atoms with E-state index >= 15 is 0 Å². The van der Waals surface area contributed by atoms with Crippen LogP contribution in [0.15, 0.2) is 24.3 Å². The van der Waals surface area contributed by atoms with Crippen LogP contribution in [0, 0.1) is 0 Å². The monoisotopic (exact) mass is 204 g/mol. The highest BCUT2D eigenvalue weighted by atomic mass is 19.4. The van der Waals surface area contributed by atoms with Crippen molar-refractivity contribution in [2.45, 2.75) is 19.0 Å². The summed E-state index contributed by atoms with van der Waals surface area (Å²) in [6, 6.07) is 5.91. The molecule has 0 bridgehead atoms. The summed E-state index contributed by atoms with van der Waals surface area (Å²) in [5.41, 5.74) is 0.248. The van der Waals surface area contributed by atoms with Crippen molar-refractivity contribution in [1.29, 1.82) is 0 Å². The SMILES string of the molecule is COc1ccc(C(C)C(F)(F)F)cc1. The van der Waals surface area contributed by atoms with E-state index in [1.165, 1.54) is 31.4 Å². The molecule has 14 heavy (non-hydrogen) atoms. The van der Waals surface area contributed by atoms with Crippen LogP contribution in [0.1, 0.15) is 18.4 Å². The summed E-state index contributed by atoms with van der Waals surface area (Å²) < 4.78 is 41.7. The van der Waals surface area contributed by atoms with Gasteiger partial charge >= 0.3 is 6.18 Å². The number of benzene rings is 1. The molecule has 0 aliphatic rings. The van der Waals surface area contributed by atoms with Crippen LogP contribution >= 0.6 is 0 Å². The van der Waals surface area contributed by atoms with Gasteiger partial charge in [-0.3, -0.25) is 0 Å². The Morgan fingerprint density at radius 2 is 1.64 bits per heavy atom. The predicted molar refractivity (Wildman–Crippen MR) is 47.5 cm³/mol. The molecule has 0 aromatic heterocycles. The number of methoxy groups -OCH3 is 1. The third-order valence-corrected chi connectivity index (χ3v) is 2.11. The third kappa shape index (κ3) is 2.40. The molecule has 0 amide bonds. The van der Waals surface area contributed by atoms with Crippen molar-refractivity contribution in [1.82, 2.24) is 0 Å². The highest BCUT2D eigenvalue weighted by molar-refractivity contribution is 5.29. The molecule has 0 radical (unpaired) electrons. The van der Waals surface area contributed by atoms with E-state index in [1.807, 2.05) is 0 Å². The summed E-state index contributed by atoms with van der Waals surface area (Å²) in [5.74, 6) is -0.878. The molecule has 78 valence electrons. The first-order valence-corrected chi connectivity index (χ1v) is 4.16. The molecule has 0 aliphatic carbocycles. The Kier molecular flexibility index (Phi) is 3.03. The summed E-state index contributed by atoms with van der Waals surface area (Å²) in [6.45, 7) is 1.14. The van der Waals surface area contributed by atoms with Crippen molar-refractivity contribution < 1.29 is 17.9 Å². The fourth-order valence-corrected chi connectivity index (χ4v) is 1.08. The van der Waals surface area contributed by atoms with E-state index in [4.69, 9.17) is 4.74 Å². The molecule has 1 atom stereocenters. The topological polar surface area (TPSA) is 9.23 Å². The average molecular weight is 204 g/mol. The molecule has 0 fully saturated rings. The fraction of sp³-hybridized carbons (Fsp3) is 0.400. The first-order chi connectivity index (χ1) is 6.45. The molecule has 1 aromatic rings. The van der Waals surface area contributed by atoms with Crippen molar-refractivity contribution in [3.05, 3.63) is 29.8 Å². The Labute approximate surface area is 80.5 Å². The van der Waals surface area contributed by atoms with Gasteiger partial charge < -0.3 is 4.74 Å². The number of hydrogen-bond acceptors (Lipinski definition) is 1. The summed E-state index contributed by atoms with van der Waals surface area (Å²) >= 11 is 0. The highest BCUT2D eigenvalue weighted by Gasteiger charge is 2.36. The van der Waals surface area contributed by atoms with Crippen LogP contribution in [-0.4, -0.2) is 13.3 Å². The molecular formula is C10H11F3O. The van der Waals surface area contributed by atoms with Crippen molar-refractivity contribution in [2.24, 2.45) is 0 Å². The zero-order chi connectivity index (χ0) is 10.8. The van der Waals surface area contributed by atoms with E-state index in [2.05, 4.69) is 0 Å². The lowest BCUT2D eigenvalue weighted by atomic mass is 10.0. The number of rotatable bonds is 2. The lowest BCUT2D eigenvalue weighted by Crippen LogP contribution is -2.17. The van der Waals surface area contributed by atoms with Gasteiger partial charge in [-0.1, -0.05) is 12.1 Å². The van der Waals surface area contributed by atoms with E-state index in [9.17, 15) is 13.2 Å². The molecule has 0 aliphatic heterocycles. The maximum atomic E-state index is 12.3. The molecule has 1 unspecified atom stereocenters. The first kappa shape index (κ1) is 10.9. The maximum absolute atomic E-state index is 12.3. The fourth-order valence-electron chi connectivity index (χ4n) is 1.08. The molecule has 0 heterocycles. The van der Waals surface area contributed by atoms with Crippen LogP contribution in [0.5, 0.6) is 5.75 Å². The number of halogens is 3. The first-order valence-electron chi connectivity index (χ1n) is 4.16. The van der Waals surface area contributed by atoms with Crippen LogP contribution in [-0.2, 0) is 0 Å². The van der Waals surface area contributed by atoms with Gasteiger partial charge in [0.1, 0.15) is 5.75 Å². The van der Waals surface area contributed by atoms with Gasteiger partial charge in [-0.25, -0.2) is 0 Å². The zero-order valence-electron chi connectivity index (χ0n) is 7.93. The quantitative estimate of drug-likeness (QED) is 0.717. The third-order valence-electron chi connectivity index (χ3n) is 2.11. The van der Waals surface area contributed by atoms with Crippen LogP contribution in [0.3, 0.4) is 0 Å². The Morgan fingerprint density at radius 1 is 1.14 bits per heavy atom. The van der Waals surface area contributed by atoms with Crippen molar-refractivity contribution >= 4 is 0 Å². The lowest BCUT2D eigenvalue weighted by Gasteiger charge is -2.15. The van der Waals surface area contributed by atoms with Gasteiger partial charge in [0.2, 0.25) is 0 Å². The smallest absolute Gasteiger partial charge is 0.395 e. The second kappa shape index (κ2) is 3.90. The summed E-state index contributed by atoms with van der Waals surface area (Å²) in [4.78, 5) is 0. The van der Waals surface area contributed by atoms with E-state index < -0.39 is 12.1 Å². The van der Waals surface area contributed by atoms with Gasteiger partial charge in [0, 0.05) is 0 Å². The van der Waals surface area contributed by atoms with Crippen LogP contribution in [0.4, 0.5) is 13.2 Å². The molecule has 0 N–H and O–H groups in total. The standard InChI is InChI=1S/C10H11F3O/c1-7(10(11,12)13)8-3-5-9(14-2)6-4-8/h3-7H,1-2H3. The van der Waals surface area contributed by atoms with Crippen LogP contribution in [0.2, 0.25) is 0 Å². The van der Waals surface area contributed by atoms with Crippen molar-refractivity contribution in [2.75, 3.05) is 7.11 Å². The van der Waals surface area contributed by atoms with Crippen molar-refractivity contribution in [3.8, 4) is 5.75 Å².